The Morgan fingerprint density at radius 2 is 1.04 bits per heavy atom. The Labute approximate surface area is 300 Å². The summed E-state index contributed by atoms with van der Waals surface area (Å²) >= 11 is 0. The number of aliphatic hydroxyl groups is 3. The van der Waals surface area contributed by atoms with E-state index in [0.717, 1.165) is 44.9 Å². The van der Waals surface area contributed by atoms with Gasteiger partial charge in [0.25, 0.3) is 0 Å². The molecule has 0 spiro atoms. The molecular formula is C39H78N4O6. The van der Waals surface area contributed by atoms with Crippen molar-refractivity contribution in [3.8, 4) is 0 Å². The summed E-state index contributed by atoms with van der Waals surface area (Å²) in [7, 11) is 0. The Morgan fingerprint density at radius 3 is 1.45 bits per heavy atom. The number of rotatable bonds is 32. The number of unbranched alkanes of at least 4 members (excludes halogenated alkanes) is 24. The Kier molecular flexibility index (Phi) is 29.1. The first-order valence-corrected chi connectivity index (χ1v) is 20.6. The SMILES string of the molecule is CCCCCCCCCCCCCCCCCCNC(=O)N(CCCCCCCCCCCC)[C@@H]1O[C@H](CO)[C@H](O)[C@H](O)[C@H]1NC(=O)CN. The number of nitrogens with two attached hydrogens (primary N) is 1. The number of hydrogen-bond donors (Lipinski definition) is 6. The monoisotopic (exact) mass is 699 g/mol. The van der Waals surface area contributed by atoms with Gasteiger partial charge in [-0.1, -0.05) is 168 Å². The van der Waals surface area contributed by atoms with E-state index in [0.29, 0.717) is 13.1 Å². The van der Waals surface area contributed by atoms with Gasteiger partial charge in [0.1, 0.15) is 24.4 Å². The molecule has 0 radical (unpaired) electrons. The number of nitrogens with one attached hydrogen (secondary N) is 2. The summed E-state index contributed by atoms with van der Waals surface area (Å²) in [5, 5.41) is 36.9. The minimum Gasteiger partial charge on any atom is -0.394 e. The molecule has 10 nitrogen and oxygen atoms in total. The van der Waals surface area contributed by atoms with Crippen molar-refractivity contribution < 1.29 is 29.6 Å². The second-order valence-electron chi connectivity index (χ2n) is 14.4. The highest BCUT2D eigenvalue weighted by Crippen LogP contribution is 2.25. The predicted molar refractivity (Wildman–Crippen MR) is 200 cm³/mol. The van der Waals surface area contributed by atoms with Gasteiger partial charge in [0.2, 0.25) is 5.91 Å². The van der Waals surface area contributed by atoms with Gasteiger partial charge >= 0.3 is 6.03 Å². The normalized spacial score (nSPS) is 20.7. The number of carbonyl (C=O) groups excluding carboxylic acids is 2. The number of nitrogens with zero attached hydrogens (tertiary/aromatic N) is 1. The second kappa shape index (κ2) is 31.3. The number of ether oxygens (including phenoxy) is 1. The average Bonchev–Trinajstić information content (AvgIpc) is 3.10. The van der Waals surface area contributed by atoms with Gasteiger partial charge in [0.05, 0.1) is 13.2 Å². The first-order chi connectivity index (χ1) is 23.9. The minimum absolute atomic E-state index is 0.306. The zero-order chi connectivity index (χ0) is 36.0. The molecular weight excluding hydrogens is 620 g/mol. The average molecular weight is 699 g/mol. The number of hydrogen-bond acceptors (Lipinski definition) is 7. The molecule has 0 unspecified atom stereocenters. The largest absolute Gasteiger partial charge is 0.394 e. The fourth-order valence-electron chi connectivity index (χ4n) is 6.85. The molecule has 0 aromatic carbocycles. The molecule has 1 saturated heterocycles. The quantitative estimate of drug-likeness (QED) is 0.0411. The molecule has 1 rings (SSSR count). The predicted octanol–water partition coefficient (Wildman–Crippen LogP) is 7.06. The summed E-state index contributed by atoms with van der Waals surface area (Å²) in [5.74, 6) is -0.528. The van der Waals surface area contributed by atoms with E-state index in [2.05, 4.69) is 24.5 Å². The third-order valence-electron chi connectivity index (χ3n) is 10.0. The lowest BCUT2D eigenvalue weighted by Gasteiger charge is -2.46. The fourth-order valence-corrected chi connectivity index (χ4v) is 6.85. The van der Waals surface area contributed by atoms with E-state index in [4.69, 9.17) is 10.5 Å². The third kappa shape index (κ3) is 21.5. The molecule has 7 N–H and O–H groups in total. The van der Waals surface area contributed by atoms with Crippen LogP contribution in [0, 0.1) is 0 Å². The Bertz CT molecular complexity index is 791. The molecule has 49 heavy (non-hydrogen) atoms. The fraction of sp³-hybridized carbons (Fsp3) is 0.949. The van der Waals surface area contributed by atoms with Crippen LogP contribution in [0.1, 0.15) is 181 Å². The van der Waals surface area contributed by atoms with Crippen molar-refractivity contribution in [1.82, 2.24) is 15.5 Å². The summed E-state index contributed by atoms with van der Waals surface area (Å²) in [4.78, 5) is 27.3. The van der Waals surface area contributed by atoms with Crippen LogP contribution in [0.4, 0.5) is 4.79 Å². The van der Waals surface area contributed by atoms with Gasteiger partial charge < -0.3 is 36.4 Å². The number of aliphatic hydroxyl groups excluding tert-OH is 3. The molecule has 0 bridgehead atoms. The first-order valence-electron chi connectivity index (χ1n) is 20.6. The van der Waals surface area contributed by atoms with Crippen LogP contribution in [0.2, 0.25) is 0 Å². The summed E-state index contributed by atoms with van der Waals surface area (Å²) in [6.45, 7) is 4.54. The Hall–Kier alpha value is -1.46. The van der Waals surface area contributed by atoms with E-state index in [9.17, 15) is 24.9 Å². The summed E-state index contributed by atoms with van der Waals surface area (Å²) < 4.78 is 5.99. The first kappa shape index (κ1) is 45.6. The van der Waals surface area contributed by atoms with Crippen LogP contribution in [-0.4, -0.2) is 89.0 Å². The molecule has 3 amide bonds. The maximum absolute atomic E-state index is 13.6. The van der Waals surface area contributed by atoms with E-state index in [1.807, 2.05) is 0 Å². The molecule has 1 aliphatic heterocycles. The highest BCUT2D eigenvalue weighted by Gasteiger charge is 2.48. The van der Waals surface area contributed by atoms with Crippen molar-refractivity contribution in [2.75, 3.05) is 26.2 Å². The molecule has 10 heteroatoms. The Morgan fingerprint density at radius 1 is 0.633 bits per heavy atom. The molecule has 0 aliphatic carbocycles. The highest BCUT2D eigenvalue weighted by molar-refractivity contribution is 5.78. The maximum Gasteiger partial charge on any atom is 0.319 e. The van der Waals surface area contributed by atoms with Crippen molar-refractivity contribution in [2.24, 2.45) is 5.73 Å². The third-order valence-corrected chi connectivity index (χ3v) is 10.0. The van der Waals surface area contributed by atoms with Crippen LogP contribution in [0.15, 0.2) is 0 Å². The van der Waals surface area contributed by atoms with Crippen LogP contribution in [0.5, 0.6) is 0 Å². The molecule has 0 aromatic heterocycles. The summed E-state index contributed by atoms with van der Waals surface area (Å²) in [6, 6.07) is -1.42. The van der Waals surface area contributed by atoms with E-state index in [-0.39, 0.29) is 12.6 Å². The van der Waals surface area contributed by atoms with Gasteiger partial charge in [-0.2, -0.15) is 0 Å². The second-order valence-corrected chi connectivity index (χ2v) is 14.4. The van der Waals surface area contributed by atoms with Crippen molar-refractivity contribution >= 4 is 11.9 Å². The number of urea groups is 1. The lowest BCUT2D eigenvalue weighted by Crippen LogP contribution is -2.69. The van der Waals surface area contributed by atoms with Gasteiger partial charge in [-0.05, 0) is 12.8 Å². The zero-order valence-corrected chi connectivity index (χ0v) is 31.7. The molecule has 0 saturated carbocycles. The van der Waals surface area contributed by atoms with E-state index >= 15 is 0 Å². The standard InChI is InChI=1S/C39H78N4O6/c1-3-5-7-9-11-13-15-16-17-18-19-20-21-23-25-27-29-41-39(48)43(30-28-26-24-22-14-12-10-8-6-4-2)38-35(42-34(45)31-40)37(47)36(46)33(32-44)49-38/h33,35-38,44,46-47H,3-32,40H2,1-2H3,(H,41,48)(H,42,45)/t33-,35-,36+,37-,38-/m1/s1. The topological polar surface area (TPSA) is 157 Å². The van der Waals surface area contributed by atoms with Gasteiger partial charge in [-0.15, -0.1) is 0 Å². The van der Waals surface area contributed by atoms with E-state index in [1.54, 1.807) is 0 Å². The van der Waals surface area contributed by atoms with Gasteiger partial charge in [-0.25, -0.2) is 4.79 Å². The van der Waals surface area contributed by atoms with Crippen LogP contribution < -0.4 is 16.4 Å². The van der Waals surface area contributed by atoms with Crippen molar-refractivity contribution in [3.63, 3.8) is 0 Å². The summed E-state index contributed by atoms with van der Waals surface area (Å²) in [5.41, 5.74) is 5.52. The summed E-state index contributed by atoms with van der Waals surface area (Å²) in [6.07, 6.45) is 27.1. The smallest absolute Gasteiger partial charge is 0.319 e. The van der Waals surface area contributed by atoms with E-state index < -0.39 is 43.1 Å². The molecule has 1 heterocycles. The van der Waals surface area contributed by atoms with Crippen molar-refractivity contribution in [1.29, 1.82) is 0 Å². The molecule has 1 aliphatic rings. The number of carbonyl (C=O) groups is 2. The van der Waals surface area contributed by atoms with Crippen LogP contribution in [0.25, 0.3) is 0 Å². The molecule has 0 aromatic rings. The lowest BCUT2D eigenvalue weighted by atomic mass is 9.95. The highest BCUT2D eigenvalue weighted by atomic mass is 16.5. The van der Waals surface area contributed by atoms with Crippen LogP contribution in [0.3, 0.4) is 0 Å². The maximum atomic E-state index is 13.6. The molecule has 5 atom stereocenters. The lowest BCUT2D eigenvalue weighted by molar-refractivity contribution is -0.224. The Balaban J connectivity index is 2.50. The van der Waals surface area contributed by atoms with E-state index in [1.165, 1.54) is 127 Å². The van der Waals surface area contributed by atoms with Gasteiger partial charge in [-0.3, -0.25) is 9.69 Å². The molecule has 1 fully saturated rings. The molecule has 290 valence electrons. The zero-order valence-electron chi connectivity index (χ0n) is 31.7. The number of amides is 3. The van der Waals surface area contributed by atoms with Gasteiger partial charge in [0.15, 0.2) is 6.23 Å². The van der Waals surface area contributed by atoms with Gasteiger partial charge in [0, 0.05) is 13.1 Å². The minimum atomic E-state index is -1.44. The van der Waals surface area contributed by atoms with Crippen LogP contribution >= 0.6 is 0 Å². The van der Waals surface area contributed by atoms with Crippen molar-refractivity contribution in [3.05, 3.63) is 0 Å². The van der Waals surface area contributed by atoms with Crippen molar-refractivity contribution in [2.45, 2.75) is 211 Å². The van der Waals surface area contributed by atoms with Crippen LogP contribution in [-0.2, 0) is 9.53 Å².